The second-order valence-corrected chi connectivity index (χ2v) is 7.78. The Morgan fingerprint density at radius 1 is 0.938 bits per heavy atom. The summed E-state index contributed by atoms with van der Waals surface area (Å²) >= 11 is 0. The first kappa shape index (κ1) is 21.5. The molecule has 32 heavy (non-hydrogen) atoms. The van der Waals surface area contributed by atoms with Gasteiger partial charge in [0.25, 0.3) is 0 Å². The molecule has 0 radical (unpaired) electrons. The van der Waals surface area contributed by atoms with Crippen LogP contribution in [0.3, 0.4) is 0 Å². The van der Waals surface area contributed by atoms with Crippen molar-refractivity contribution >= 4 is 16.8 Å². The predicted molar refractivity (Wildman–Crippen MR) is 127 cm³/mol. The lowest BCUT2D eigenvalue weighted by atomic mass is 9.91. The fraction of sp³-hybridized carbons (Fsp3) is 0.222. The third kappa shape index (κ3) is 4.94. The zero-order valence-corrected chi connectivity index (χ0v) is 18.4. The monoisotopic (exact) mass is 428 g/mol. The number of H-pyrrole nitrogens is 1. The maximum atomic E-state index is 12.7. The number of amides is 1. The van der Waals surface area contributed by atoms with Gasteiger partial charge in [-0.05, 0) is 41.3 Å². The largest absolute Gasteiger partial charge is 0.497 e. The molecule has 0 saturated carbocycles. The lowest BCUT2D eigenvalue weighted by Crippen LogP contribution is -2.29. The molecule has 0 aliphatic heterocycles. The van der Waals surface area contributed by atoms with Crippen LogP contribution in [0, 0.1) is 0 Å². The van der Waals surface area contributed by atoms with E-state index < -0.39 is 0 Å². The van der Waals surface area contributed by atoms with E-state index >= 15 is 0 Å². The van der Waals surface area contributed by atoms with Crippen LogP contribution in [-0.4, -0.2) is 31.7 Å². The molecule has 0 bridgehead atoms. The van der Waals surface area contributed by atoms with E-state index in [1.165, 1.54) is 16.5 Å². The number of benzene rings is 3. The highest BCUT2D eigenvalue weighted by Crippen LogP contribution is 2.30. The molecular weight excluding hydrogens is 400 g/mol. The minimum absolute atomic E-state index is 0.0209. The Kier molecular flexibility index (Phi) is 6.75. The molecule has 0 fully saturated rings. The highest BCUT2D eigenvalue weighted by atomic mass is 16.5. The number of nitrogens with one attached hydrogen (secondary N) is 2. The second-order valence-electron chi connectivity index (χ2n) is 7.78. The van der Waals surface area contributed by atoms with Crippen LogP contribution < -0.4 is 14.8 Å². The maximum Gasteiger partial charge on any atom is 0.220 e. The van der Waals surface area contributed by atoms with Gasteiger partial charge in [-0.25, -0.2) is 0 Å². The zero-order valence-electron chi connectivity index (χ0n) is 18.4. The Morgan fingerprint density at radius 3 is 2.34 bits per heavy atom. The van der Waals surface area contributed by atoms with E-state index in [4.69, 9.17) is 9.47 Å². The molecule has 2 N–H and O–H groups in total. The summed E-state index contributed by atoms with van der Waals surface area (Å²) in [5.41, 5.74) is 4.47. The quantitative estimate of drug-likeness (QED) is 0.391. The highest BCUT2D eigenvalue weighted by molar-refractivity contribution is 5.84. The van der Waals surface area contributed by atoms with Gasteiger partial charge in [-0.2, -0.15) is 0 Å². The van der Waals surface area contributed by atoms with Crippen LogP contribution in [-0.2, 0) is 11.2 Å². The number of hydrogen-bond acceptors (Lipinski definition) is 3. The van der Waals surface area contributed by atoms with Crippen molar-refractivity contribution in [3.8, 4) is 11.5 Å². The Labute approximate surface area is 188 Å². The number of carbonyl (C=O) groups is 1. The van der Waals surface area contributed by atoms with Crippen molar-refractivity contribution in [2.24, 2.45) is 0 Å². The van der Waals surface area contributed by atoms with E-state index in [1.807, 2.05) is 48.5 Å². The summed E-state index contributed by atoms with van der Waals surface area (Å²) < 4.78 is 10.7. The molecule has 1 unspecified atom stereocenters. The van der Waals surface area contributed by atoms with Gasteiger partial charge in [0.15, 0.2) is 0 Å². The summed E-state index contributed by atoms with van der Waals surface area (Å²) in [5.74, 6) is 1.53. The average molecular weight is 429 g/mol. The van der Waals surface area contributed by atoms with Gasteiger partial charge >= 0.3 is 0 Å². The number of aromatic nitrogens is 1. The molecule has 1 amide bonds. The van der Waals surface area contributed by atoms with E-state index in [2.05, 4.69) is 40.8 Å². The lowest BCUT2D eigenvalue weighted by Gasteiger charge is -2.18. The number of ether oxygens (including phenoxy) is 2. The third-order valence-electron chi connectivity index (χ3n) is 5.75. The summed E-state index contributed by atoms with van der Waals surface area (Å²) in [4.78, 5) is 16.1. The predicted octanol–water partition coefficient (Wildman–Crippen LogP) is 5.07. The number of carbonyl (C=O) groups excluding carboxylic acids is 1. The van der Waals surface area contributed by atoms with Gasteiger partial charge < -0.3 is 19.8 Å². The maximum absolute atomic E-state index is 12.7. The Balaban J connectivity index is 1.46. The van der Waals surface area contributed by atoms with Crippen LogP contribution in [0.4, 0.5) is 0 Å². The number of aryl methyl sites for hydroxylation is 1. The van der Waals surface area contributed by atoms with Gasteiger partial charge in [0.1, 0.15) is 11.5 Å². The average Bonchev–Trinajstić information content (AvgIpc) is 3.27. The number of rotatable bonds is 9. The molecule has 0 aliphatic rings. The van der Waals surface area contributed by atoms with Crippen molar-refractivity contribution in [1.82, 2.24) is 10.3 Å². The summed E-state index contributed by atoms with van der Waals surface area (Å²) in [6, 6.07) is 24.3. The smallest absolute Gasteiger partial charge is 0.220 e. The Bertz CT molecular complexity index is 1160. The van der Waals surface area contributed by atoms with E-state index in [0.717, 1.165) is 22.6 Å². The Morgan fingerprint density at radius 2 is 1.62 bits per heavy atom. The molecule has 3 aromatic carbocycles. The zero-order chi connectivity index (χ0) is 22.3. The number of methoxy groups -OCH3 is 2. The standard InChI is InChI=1S/C27H28N2O3/c1-31-21-14-19(15-22(16-21)32-2)12-13-27(30)29-17-24(20-8-4-3-5-9-20)25-18-28-26-11-7-6-10-23(25)26/h3-11,14-16,18,24,28H,12-13,17H2,1-2H3,(H,29,30). The van der Waals surface area contributed by atoms with Crippen molar-refractivity contribution in [1.29, 1.82) is 0 Å². The molecule has 1 atom stereocenters. The van der Waals surface area contributed by atoms with Crippen LogP contribution in [0.1, 0.15) is 29.0 Å². The normalized spacial score (nSPS) is 11.8. The molecule has 1 heterocycles. The van der Waals surface area contributed by atoms with Gasteiger partial charge in [0.05, 0.1) is 14.2 Å². The molecule has 4 rings (SSSR count). The first-order chi connectivity index (χ1) is 15.7. The van der Waals surface area contributed by atoms with E-state index in [0.29, 0.717) is 19.4 Å². The molecule has 4 aromatic rings. The number of fused-ring (bicyclic) bond motifs is 1. The fourth-order valence-electron chi connectivity index (χ4n) is 4.05. The Hall–Kier alpha value is -3.73. The van der Waals surface area contributed by atoms with E-state index in [1.54, 1.807) is 14.2 Å². The first-order valence-electron chi connectivity index (χ1n) is 10.8. The molecule has 1 aromatic heterocycles. The number of para-hydroxylation sites is 1. The molecule has 5 heteroatoms. The van der Waals surface area contributed by atoms with Crippen LogP contribution in [0.2, 0.25) is 0 Å². The van der Waals surface area contributed by atoms with Crippen LogP contribution in [0.15, 0.2) is 79.0 Å². The van der Waals surface area contributed by atoms with Crippen molar-refractivity contribution < 1.29 is 14.3 Å². The number of hydrogen-bond donors (Lipinski definition) is 2. The molecule has 164 valence electrons. The van der Waals surface area contributed by atoms with E-state index in [-0.39, 0.29) is 11.8 Å². The van der Waals surface area contributed by atoms with Gasteiger partial charge in [-0.15, -0.1) is 0 Å². The van der Waals surface area contributed by atoms with Crippen molar-refractivity contribution in [2.75, 3.05) is 20.8 Å². The van der Waals surface area contributed by atoms with Crippen molar-refractivity contribution in [3.05, 3.63) is 95.7 Å². The van der Waals surface area contributed by atoms with Gasteiger partial charge in [-0.1, -0.05) is 48.5 Å². The van der Waals surface area contributed by atoms with Gasteiger partial charge in [0.2, 0.25) is 5.91 Å². The van der Waals surface area contributed by atoms with Crippen LogP contribution in [0.5, 0.6) is 11.5 Å². The molecular formula is C27H28N2O3. The van der Waals surface area contributed by atoms with Crippen LogP contribution in [0.25, 0.3) is 10.9 Å². The first-order valence-corrected chi connectivity index (χ1v) is 10.8. The molecule has 0 spiro atoms. The minimum atomic E-state index is 0.0209. The SMILES string of the molecule is COc1cc(CCC(=O)NCC(c2ccccc2)c2c[nH]c3ccccc23)cc(OC)c1. The second kappa shape index (κ2) is 10.1. The van der Waals surface area contributed by atoms with Crippen LogP contribution >= 0.6 is 0 Å². The topological polar surface area (TPSA) is 63.3 Å². The summed E-state index contributed by atoms with van der Waals surface area (Å²) in [6.45, 7) is 0.534. The summed E-state index contributed by atoms with van der Waals surface area (Å²) in [5, 5.41) is 4.33. The summed E-state index contributed by atoms with van der Waals surface area (Å²) in [7, 11) is 3.25. The van der Waals surface area contributed by atoms with Gasteiger partial charge in [0, 0.05) is 42.0 Å². The van der Waals surface area contributed by atoms with Crippen molar-refractivity contribution in [3.63, 3.8) is 0 Å². The summed E-state index contributed by atoms with van der Waals surface area (Å²) in [6.07, 6.45) is 3.06. The van der Waals surface area contributed by atoms with Gasteiger partial charge in [-0.3, -0.25) is 4.79 Å². The molecule has 0 saturated heterocycles. The fourth-order valence-corrected chi connectivity index (χ4v) is 4.05. The van der Waals surface area contributed by atoms with Crippen molar-refractivity contribution in [2.45, 2.75) is 18.8 Å². The number of aromatic amines is 1. The van der Waals surface area contributed by atoms with E-state index in [9.17, 15) is 4.79 Å². The minimum Gasteiger partial charge on any atom is -0.497 e. The lowest BCUT2D eigenvalue weighted by molar-refractivity contribution is -0.121. The molecule has 5 nitrogen and oxygen atoms in total. The molecule has 0 aliphatic carbocycles. The third-order valence-corrected chi connectivity index (χ3v) is 5.75. The highest BCUT2D eigenvalue weighted by Gasteiger charge is 2.19.